The summed E-state index contributed by atoms with van der Waals surface area (Å²) in [5.74, 6) is -1.59. The number of benzene rings is 2. The Kier molecular flexibility index (Phi) is 5.54. The fraction of sp³-hybridized carbons (Fsp3) is 0.125. The maximum absolute atomic E-state index is 12.9. The average molecular weight is 337 g/mol. The van der Waals surface area contributed by atoms with Crippen molar-refractivity contribution in [2.75, 3.05) is 6.61 Å². The largest absolute Gasteiger partial charge is 0.482 e. The van der Waals surface area contributed by atoms with Gasteiger partial charge in [-0.25, -0.2) is 4.39 Å². The molecule has 5 nitrogen and oxygen atoms in total. The van der Waals surface area contributed by atoms with Crippen LogP contribution in [0, 0.1) is 5.82 Å². The normalized spacial score (nSPS) is 11.6. The highest BCUT2D eigenvalue weighted by molar-refractivity contribution is 6.32. The van der Waals surface area contributed by atoms with Crippen molar-refractivity contribution in [2.45, 2.75) is 6.04 Å². The van der Waals surface area contributed by atoms with E-state index in [-0.39, 0.29) is 17.4 Å². The summed E-state index contributed by atoms with van der Waals surface area (Å²) in [5, 5.41) is 2.53. The van der Waals surface area contributed by atoms with Crippen molar-refractivity contribution < 1.29 is 18.7 Å². The van der Waals surface area contributed by atoms with Crippen LogP contribution in [0.3, 0.4) is 0 Å². The molecule has 0 radical (unpaired) electrons. The molecule has 0 aromatic heterocycles. The molecule has 2 amide bonds. The van der Waals surface area contributed by atoms with Gasteiger partial charge in [0.1, 0.15) is 17.6 Å². The van der Waals surface area contributed by atoms with E-state index in [2.05, 4.69) is 5.32 Å². The number of halogens is 2. The molecular weight excluding hydrogens is 323 g/mol. The SMILES string of the molecule is NC(=O)[C@H](NC(=O)COc1ccc(F)cc1Cl)c1ccccc1. The summed E-state index contributed by atoms with van der Waals surface area (Å²) in [5.41, 5.74) is 5.87. The lowest BCUT2D eigenvalue weighted by Crippen LogP contribution is -2.39. The number of hydrogen-bond acceptors (Lipinski definition) is 3. The summed E-state index contributed by atoms with van der Waals surface area (Å²) < 4.78 is 18.1. The number of ether oxygens (including phenoxy) is 1. The third-order valence-electron chi connectivity index (χ3n) is 2.98. The molecular formula is C16H14ClFN2O3. The quantitative estimate of drug-likeness (QED) is 0.848. The molecule has 2 aromatic carbocycles. The molecule has 0 fully saturated rings. The number of rotatable bonds is 6. The number of hydrogen-bond donors (Lipinski definition) is 2. The zero-order valence-corrected chi connectivity index (χ0v) is 12.7. The first-order valence-electron chi connectivity index (χ1n) is 6.69. The van der Waals surface area contributed by atoms with Gasteiger partial charge in [0.05, 0.1) is 5.02 Å². The predicted molar refractivity (Wildman–Crippen MR) is 83.4 cm³/mol. The Morgan fingerprint density at radius 2 is 1.91 bits per heavy atom. The smallest absolute Gasteiger partial charge is 0.258 e. The fourth-order valence-corrected chi connectivity index (χ4v) is 2.12. The summed E-state index contributed by atoms with van der Waals surface area (Å²) in [6.45, 7) is -0.387. The van der Waals surface area contributed by atoms with E-state index in [9.17, 15) is 14.0 Å². The Bertz CT molecular complexity index is 710. The second-order valence-electron chi connectivity index (χ2n) is 4.68. The lowest BCUT2D eigenvalue weighted by Gasteiger charge is -2.16. The van der Waals surface area contributed by atoms with Gasteiger partial charge in [-0.2, -0.15) is 0 Å². The highest BCUT2D eigenvalue weighted by Crippen LogP contribution is 2.24. The van der Waals surface area contributed by atoms with E-state index >= 15 is 0 Å². The highest BCUT2D eigenvalue weighted by atomic mass is 35.5. The van der Waals surface area contributed by atoms with Crippen LogP contribution in [-0.4, -0.2) is 18.4 Å². The molecule has 0 aliphatic rings. The number of carbonyl (C=O) groups is 2. The van der Waals surface area contributed by atoms with Crippen LogP contribution in [0.25, 0.3) is 0 Å². The number of carbonyl (C=O) groups excluding carboxylic acids is 2. The van der Waals surface area contributed by atoms with Crippen molar-refractivity contribution in [3.05, 3.63) is 64.9 Å². The monoisotopic (exact) mass is 336 g/mol. The van der Waals surface area contributed by atoms with Gasteiger partial charge in [-0.05, 0) is 23.8 Å². The van der Waals surface area contributed by atoms with Crippen LogP contribution in [0.2, 0.25) is 5.02 Å². The van der Waals surface area contributed by atoms with E-state index in [4.69, 9.17) is 22.1 Å². The van der Waals surface area contributed by atoms with Gasteiger partial charge in [-0.3, -0.25) is 9.59 Å². The molecule has 0 aliphatic carbocycles. The van der Waals surface area contributed by atoms with E-state index in [1.54, 1.807) is 30.3 Å². The minimum absolute atomic E-state index is 0.0484. The lowest BCUT2D eigenvalue weighted by atomic mass is 10.1. The molecule has 0 heterocycles. The summed E-state index contributed by atoms with van der Waals surface area (Å²) in [4.78, 5) is 23.4. The number of nitrogens with one attached hydrogen (secondary N) is 1. The van der Waals surface area contributed by atoms with Crippen LogP contribution in [0.15, 0.2) is 48.5 Å². The molecule has 0 bridgehead atoms. The lowest BCUT2D eigenvalue weighted by molar-refractivity contribution is -0.128. The van der Waals surface area contributed by atoms with Crippen LogP contribution in [0.1, 0.15) is 11.6 Å². The van der Waals surface area contributed by atoms with E-state index in [0.717, 1.165) is 12.1 Å². The molecule has 0 unspecified atom stereocenters. The van der Waals surface area contributed by atoms with Crippen molar-refractivity contribution in [3.8, 4) is 5.75 Å². The van der Waals surface area contributed by atoms with Gasteiger partial charge in [-0.1, -0.05) is 41.9 Å². The molecule has 0 saturated carbocycles. The van der Waals surface area contributed by atoms with Crippen molar-refractivity contribution in [2.24, 2.45) is 5.73 Å². The Labute approximate surface area is 137 Å². The Hall–Kier alpha value is -2.60. The van der Waals surface area contributed by atoms with Gasteiger partial charge in [0, 0.05) is 0 Å². The van der Waals surface area contributed by atoms with Gasteiger partial charge in [0.25, 0.3) is 5.91 Å². The summed E-state index contributed by atoms with van der Waals surface area (Å²) >= 11 is 5.79. The molecule has 7 heteroatoms. The predicted octanol–water partition coefficient (Wildman–Crippen LogP) is 2.20. The maximum Gasteiger partial charge on any atom is 0.258 e. The third kappa shape index (κ3) is 4.69. The summed E-state index contributed by atoms with van der Waals surface area (Å²) in [6.07, 6.45) is 0. The standard InChI is InChI=1S/C16H14ClFN2O3/c17-12-8-11(18)6-7-13(12)23-9-14(21)20-15(16(19)22)10-4-2-1-3-5-10/h1-8,15H,9H2,(H2,19,22)(H,20,21)/t15-/m1/s1. The zero-order chi connectivity index (χ0) is 16.8. The Balaban J connectivity index is 1.98. The van der Waals surface area contributed by atoms with Crippen molar-refractivity contribution in [1.82, 2.24) is 5.32 Å². The second kappa shape index (κ2) is 7.60. The average Bonchev–Trinajstić information content (AvgIpc) is 2.52. The van der Waals surface area contributed by atoms with Gasteiger partial charge in [0.15, 0.2) is 6.61 Å². The molecule has 1 atom stereocenters. The van der Waals surface area contributed by atoms with Gasteiger partial charge in [-0.15, -0.1) is 0 Å². The number of primary amides is 1. The van der Waals surface area contributed by atoms with Crippen LogP contribution < -0.4 is 15.8 Å². The first-order chi connectivity index (χ1) is 11.0. The van der Waals surface area contributed by atoms with E-state index < -0.39 is 23.7 Å². The van der Waals surface area contributed by atoms with Crippen LogP contribution in [0.5, 0.6) is 5.75 Å². The summed E-state index contributed by atoms with van der Waals surface area (Å²) in [7, 11) is 0. The first-order valence-corrected chi connectivity index (χ1v) is 7.06. The van der Waals surface area contributed by atoms with E-state index in [1.807, 2.05) is 0 Å². The minimum Gasteiger partial charge on any atom is -0.482 e. The summed E-state index contributed by atoms with van der Waals surface area (Å²) in [6, 6.07) is 11.2. The van der Waals surface area contributed by atoms with Crippen molar-refractivity contribution in [3.63, 3.8) is 0 Å². The van der Waals surface area contributed by atoms with Crippen molar-refractivity contribution >= 4 is 23.4 Å². The van der Waals surface area contributed by atoms with Crippen LogP contribution in [-0.2, 0) is 9.59 Å². The fourth-order valence-electron chi connectivity index (χ4n) is 1.90. The van der Waals surface area contributed by atoms with Crippen LogP contribution >= 0.6 is 11.6 Å². The molecule has 0 saturated heterocycles. The first kappa shape index (κ1) is 16.8. The minimum atomic E-state index is -0.962. The maximum atomic E-state index is 12.9. The van der Waals surface area contributed by atoms with E-state index in [0.29, 0.717) is 5.56 Å². The van der Waals surface area contributed by atoms with Gasteiger partial charge in [0.2, 0.25) is 5.91 Å². The van der Waals surface area contributed by atoms with Crippen LogP contribution in [0.4, 0.5) is 4.39 Å². The third-order valence-corrected chi connectivity index (χ3v) is 3.27. The number of nitrogens with two attached hydrogens (primary N) is 1. The van der Waals surface area contributed by atoms with Crippen molar-refractivity contribution in [1.29, 1.82) is 0 Å². The van der Waals surface area contributed by atoms with Gasteiger partial charge >= 0.3 is 0 Å². The molecule has 2 rings (SSSR count). The number of amides is 2. The highest BCUT2D eigenvalue weighted by Gasteiger charge is 2.20. The Morgan fingerprint density at radius 1 is 1.22 bits per heavy atom. The molecule has 3 N–H and O–H groups in total. The molecule has 120 valence electrons. The zero-order valence-electron chi connectivity index (χ0n) is 12.0. The topological polar surface area (TPSA) is 81.4 Å². The van der Waals surface area contributed by atoms with Gasteiger partial charge < -0.3 is 15.8 Å². The molecule has 0 spiro atoms. The van der Waals surface area contributed by atoms with E-state index in [1.165, 1.54) is 6.07 Å². The second-order valence-corrected chi connectivity index (χ2v) is 5.08. The molecule has 23 heavy (non-hydrogen) atoms. The Morgan fingerprint density at radius 3 is 2.52 bits per heavy atom. The molecule has 0 aliphatic heterocycles. The molecule has 2 aromatic rings.